The van der Waals surface area contributed by atoms with Crippen LogP contribution in [0.4, 0.5) is 0 Å². The lowest BCUT2D eigenvalue weighted by Crippen LogP contribution is -2.30. The summed E-state index contributed by atoms with van der Waals surface area (Å²) in [4.78, 5) is 73.1. The van der Waals surface area contributed by atoms with Gasteiger partial charge in [-0.1, -0.05) is 408 Å². The molecule has 105 heavy (non-hydrogen) atoms. The van der Waals surface area contributed by atoms with E-state index in [9.17, 15) is 43.2 Å². The van der Waals surface area contributed by atoms with Gasteiger partial charge in [0, 0.05) is 25.7 Å². The summed E-state index contributed by atoms with van der Waals surface area (Å²) in [6, 6.07) is 0. The van der Waals surface area contributed by atoms with E-state index in [1.54, 1.807) is 0 Å². The van der Waals surface area contributed by atoms with Gasteiger partial charge < -0.3 is 33.8 Å². The monoisotopic (exact) mass is 1540 g/mol. The molecule has 3 N–H and O–H groups in total. The number of carbonyl (C=O) groups excluding carboxylic acids is 4. The molecule has 0 aliphatic rings. The summed E-state index contributed by atoms with van der Waals surface area (Å²) in [7, 11) is -9.92. The molecule has 0 aliphatic heterocycles. The van der Waals surface area contributed by atoms with Gasteiger partial charge in [-0.25, -0.2) is 9.13 Å². The Morgan fingerprint density at radius 2 is 0.438 bits per heavy atom. The van der Waals surface area contributed by atoms with Crippen molar-refractivity contribution in [1.82, 2.24) is 0 Å². The molecule has 624 valence electrons. The molecule has 0 fully saturated rings. The van der Waals surface area contributed by atoms with Crippen molar-refractivity contribution in [3.05, 3.63) is 0 Å². The summed E-state index contributed by atoms with van der Waals surface area (Å²) in [5, 5.41) is 10.7. The number of rotatable bonds is 85. The van der Waals surface area contributed by atoms with Gasteiger partial charge in [0.2, 0.25) is 0 Å². The topological polar surface area (TPSA) is 237 Å². The fraction of sp³-hybridized carbons (Fsp3) is 0.953. The Balaban J connectivity index is 5.20. The molecule has 0 radical (unpaired) electrons. The Kier molecular flexibility index (Phi) is 76.0. The molecule has 0 aliphatic carbocycles. The van der Waals surface area contributed by atoms with Crippen LogP contribution in [0.15, 0.2) is 0 Å². The predicted molar refractivity (Wildman–Crippen MR) is 432 cm³/mol. The van der Waals surface area contributed by atoms with Crippen molar-refractivity contribution in [3.63, 3.8) is 0 Å². The first-order chi connectivity index (χ1) is 50.9. The van der Waals surface area contributed by atoms with Crippen molar-refractivity contribution in [3.8, 4) is 0 Å². The number of unbranched alkanes of at least 4 members (excludes halogenated alkanes) is 55. The summed E-state index contributed by atoms with van der Waals surface area (Å²) >= 11 is 0. The first-order valence-electron chi connectivity index (χ1n) is 44.5. The van der Waals surface area contributed by atoms with Crippen molar-refractivity contribution < 1.29 is 80.2 Å². The molecule has 0 aromatic rings. The molecule has 0 rings (SSSR count). The fourth-order valence-corrected chi connectivity index (χ4v) is 15.0. The van der Waals surface area contributed by atoms with E-state index in [2.05, 4.69) is 41.5 Å². The SMILES string of the molecule is CCCCCCCCCCCCCCCC(=O)O[C@H](COC(=O)CCCCCCCCCCCC)COP(=O)(O)OC[C@H](O)COP(=O)(O)OC[C@@H](COC(=O)CCCCCCCCCCCCCCCCCCCCC(C)C)OC(=O)CCCCCCCCCCCCCCCCCCCCC(C)C. The van der Waals surface area contributed by atoms with Crippen LogP contribution in [0.25, 0.3) is 0 Å². The second-order valence-corrected chi connectivity index (χ2v) is 34.8. The van der Waals surface area contributed by atoms with Gasteiger partial charge in [-0.05, 0) is 37.5 Å². The number of hydrogen-bond acceptors (Lipinski definition) is 15. The second-order valence-electron chi connectivity index (χ2n) is 31.9. The molecular weight excluding hydrogens is 1370 g/mol. The maximum absolute atomic E-state index is 13.1. The largest absolute Gasteiger partial charge is 0.472 e. The average molecular weight is 1540 g/mol. The Morgan fingerprint density at radius 1 is 0.257 bits per heavy atom. The lowest BCUT2D eigenvalue weighted by Gasteiger charge is -2.21. The zero-order valence-corrected chi connectivity index (χ0v) is 70.8. The lowest BCUT2D eigenvalue weighted by molar-refractivity contribution is -0.161. The summed E-state index contributed by atoms with van der Waals surface area (Å²) in [6.45, 7) is 9.73. The zero-order valence-electron chi connectivity index (χ0n) is 69.0. The number of phosphoric acid groups is 2. The van der Waals surface area contributed by atoms with Crippen LogP contribution in [0, 0.1) is 11.8 Å². The molecule has 19 heteroatoms. The first-order valence-corrected chi connectivity index (χ1v) is 47.5. The van der Waals surface area contributed by atoms with Gasteiger partial charge in [0.05, 0.1) is 26.4 Å². The number of phosphoric ester groups is 2. The van der Waals surface area contributed by atoms with Crippen molar-refractivity contribution in [2.24, 2.45) is 11.8 Å². The van der Waals surface area contributed by atoms with E-state index in [0.717, 1.165) is 102 Å². The van der Waals surface area contributed by atoms with Crippen LogP contribution in [0.2, 0.25) is 0 Å². The second kappa shape index (κ2) is 77.4. The third kappa shape index (κ3) is 79.9. The molecule has 0 aromatic carbocycles. The smallest absolute Gasteiger partial charge is 0.462 e. The third-order valence-electron chi connectivity index (χ3n) is 20.2. The van der Waals surface area contributed by atoms with Crippen LogP contribution in [-0.2, 0) is 65.4 Å². The third-order valence-corrected chi connectivity index (χ3v) is 22.1. The van der Waals surface area contributed by atoms with E-state index >= 15 is 0 Å². The van der Waals surface area contributed by atoms with Gasteiger partial charge in [0.25, 0.3) is 0 Å². The van der Waals surface area contributed by atoms with E-state index in [0.29, 0.717) is 25.7 Å². The molecule has 0 bridgehead atoms. The van der Waals surface area contributed by atoms with E-state index < -0.39 is 97.5 Å². The minimum Gasteiger partial charge on any atom is -0.462 e. The molecule has 0 amide bonds. The van der Waals surface area contributed by atoms with Crippen molar-refractivity contribution in [2.75, 3.05) is 39.6 Å². The van der Waals surface area contributed by atoms with Gasteiger partial charge >= 0.3 is 39.5 Å². The van der Waals surface area contributed by atoms with Crippen LogP contribution in [0.5, 0.6) is 0 Å². The quantitative estimate of drug-likeness (QED) is 0.0222. The Bertz CT molecular complexity index is 2010. The fourth-order valence-electron chi connectivity index (χ4n) is 13.4. The van der Waals surface area contributed by atoms with Crippen LogP contribution < -0.4 is 0 Å². The standard InChI is InChI=1S/C86H168O17P2/c1-7-9-11-13-15-17-19-32-40-46-52-58-64-70-85(90)102-81(74-96-83(88)68-62-56-50-44-18-16-14-12-10-8-2)76-100-104(92,93)98-72-80(87)73-99-105(94,95)101-77-82(103-86(91)71-65-59-53-47-41-36-31-27-23-21-25-29-34-38-43-49-55-61-67-79(5)6)75-97-84(89)69-63-57-51-45-39-35-30-26-22-20-24-28-33-37-42-48-54-60-66-78(3)4/h78-82,87H,7-77H2,1-6H3,(H,92,93)(H,94,95)/t80-,81+,82+/m0/s1. The van der Waals surface area contributed by atoms with Crippen LogP contribution in [-0.4, -0.2) is 96.7 Å². The van der Waals surface area contributed by atoms with Crippen molar-refractivity contribution in [1.29, 1.82) is 0 Å². The maximum Gasteiger partial charge on any atom is 0.472 e. The van der Waals surface area contributed by atoms with Crippen LogP contribution in [0.3, 0.4) is 0 Å². The molecular formula is C86H168O17P2. The van der Waals surface area contributed by atoms with Crippen molar-refractivity contribution in [2.45, 2.75) is 477 Å². The first kappa shape index (κ1) is 103. The molecule has 0 saturated heterocycles. The highest BCUT2D eigenvalue weighted by Crippen LogP contribution is 2.45. The van der Waals surface area contributed by atoms with E-state index in [1.807, 2.05) is 0 Å². The van der Waals surface area contributed by atoms with E-state index in [-0.39, 0.29) is 25.7 Å². The molecule has 2 unspecified atom stereocenters. The zero-order chi connectivity index (χ0) is 77.1. The highest BCUT2D eigenvalue weighted by molar-refractivity contribution is 7.47. The number of aliphatic hydroxyl groups excluding tert-OH is 1. The summed E-state index contributed by atoms with van der Waals surface area (Å²) in [5.74, 6) is -0.458. The lowest BCUT2D eigenvalue weighted by atomic mass is 10.0. The Labute approximate surface area is 645 Å². The number of aliphatic hydroxyl groups is 1. The maximum atomic E-state index is 13.1. The van der Waals surface area contributed by atoms with Crippen LogP contribution in [0.1, 0.15) is 459 Å². The number of carbonyl (C=O) groups is 4. The minimum atomic E-state index is -4.97. The Morgan fingerprint density at radius 3 is 0.648 bits per heavy atom. The van der Waals surface area contributed by atoms with Gasteiger partial charge in [0.1, 0.15) is 19.3 Å². The molecule has 0 spiro atoms. The molecule has 17 nitrogen and oxygen atoms in total. The molecule has 0 saturated carbocycles. The normalized spacial score (nSPS) is 13.8. The number of ether oxygens (including phenoxy) is 4. The summed E-state index contributed by atoms with van der Waals surface area (Å²) in [6.07, 6.45) is 69.4. The highest BCUT2D eigenvalue weighted by Gasteiger charge is 2.30. The minimum absolute atomic E-state index is 0.108. The number of esters is 4. The molecule has 0 aromatic heterocycles. The van der Waals surface area contributed by atoms with Gasteiger partial charge in [0.15, 0.2) is 12.2 Å². The summed E-state index contributed by atoms with van der Waals surface area (Å²) in [5.41, 5.74) is 0. The highest BCUT2D eigenvalue weighted by atomic mass is 31.2. The van der Waals surface area contributed by atoms with E-state index in [4.69, 9.17) is 37.0 Å². The van der Waals surface area contributed by atoms with Gasteiger partial charge in [-0.15, -0.1) is 0 Å². The average Bonchev–Trinajstić information content (AvgIpc) is 0.917. The van der Waals surface area contributed by atoms with Gasteiger partial charge in [-0.3, -0.25) is 37.3 Å². The van der Waals surface area contributed by atoms with E-state index in [1.165, 1.54) is 276 Å². The Hall–Kier alpha value is -1.94. The summed E-state index contributed by atoms with van der Waals surface area (Å²) < 4.78 is 68.8. The molecule has 0 heterocycles. The van der Waals surface area contributed by atoms with Gasteiger partial charge in [-0.2, -0.15) is 0 Å². The molecule has 5 atom stereocenters. The number of hydrogen-bond donors (Lipinski definition) is 3. The predicted octanol–water partition coefficient (Wildman–Crippen LogP) is 26.2. The van der Waals surface area contributed by atoms with Crippen LogP contribution >= 0.6 is 15.6 Å². The van der Waals surface area contributed by atoms with Crippen molar-refractivity contribution >= 4 is 39.5 Å².